The molecule has 0 radical (unpaired) electrons. The number of nitrogens with two attached hydrogens (primary N) is 1. The second kappa shape index (κ2) is 4.84. The van der Waals surface area contributed by atoms with Crippen LogP contribution in [0.1, 0.15) is 10.4 Å². The van der Waals surface area contributed by atoms with Gasteiger partial charge in [0, 0.05) is 17.8 Å². The first-order chi connectivity index (χ1) is 8.15. The molecular weight excluding hydrogens is 240 g/mol. The highest BCUT2D eigenvalue weighted by molar-refractivity contribution is 6.30. The second-order valence-corrected chi connectivity index (χ2v) is 3.75. The van der Waals surface area contributed by atoms with E-state index >= 15 is 0 Å². The summed E-state index contributed by atoms with van der Waals surface area (Å²) >= 11 is 5.70. The number of halogens is 1. The standard InChI is InChI=1S/C12H9ClN2O2/c13-9-4-5-11(15-7-9)17-10-3-1-2-8(6-10)12(14)16/h1-7H,(H2,14,16). The van der Waals surface area contributed by atoms with Crippen LogP contribution in [0.4, 0.5) is 0 Å². The van der Waals surface area contributed by atoms with Gasteiger partial charge in [0.25, 0.3) is 0 Å². The zero-order valence-electron chi connectivity index (χ0n) is 8.76. The molecule has 0 aliphatic carbocycles. The van der Waals surface area contributed by atoms with Gasteiger partial charge in [-0.1, -0.05) is 17.7 Å². The lowest BCUT2D eigenvalue weighted by molar-refractivity contribution is 0.1000. The molecule has 0 saturated heterocycles. The number of carbonyl (C=O) groups excluding carboxylic acids is 1. The van der Waals surface area contributed by atoms with E-state index in [9.17, 15) is 4.79 Å². The lowest BCUT2D eigenvalue weighted by atomic mass is 10.2. The maximum absolute atomic E-state index is 11.0. The number of hydrogen-bond acceptors (Lipinski definition) is 3. The van der Waals surface area contributed by atoms with Gasteiger partial charge in [-0.05, 0) is 24.3 Å². The molecule has 1 heterocycles. The van der Waals surface area contributed by atoms with Gasteiger partial charge < -0.3 is 10.5 Å². The molecule has 0 fully saturated rings. The molecule has 1 aromatic carbocycles. The topological polar surface area (TPSA) is 65.2 Å². The predicted octanol–water partition coefficient (Wildman–Crippen LogP) is 2.63. The zero-order chi connectivity index (χ0) is 12.3. The molecule has 2 aromatic rings. The highest BCUT2D eigenvalue weighted by Crippen LogP contribution is 2.21. The average Bonchev–Trinajstić information content (AvgIpc) is 2.32. The molecule has 5 heteroatoms. The molecule has 2 rings (SSSR count). The molecular formula is C12H9ClN2O2. The SMILES string of the molecule is NC(=O)c1cccc(Oc2ccc(Cl)cn2)c1. The van der Waals surface area contributed by atoms with E-state index < -0.39 is 5.91 Å². The Labute approximate surface area is 103 Å². The van der Waals surface area contributed by atoms with Gasteiger partial charge in [0.1, 0.15) is 5.75 Å². The number of primary amides is 1. The molecule has 0 aliphatic heterocycles. The van der Waals surface area contributed by atoms with Crippen LogP contribution in [0, 0.1) is 0 Å². The predicted molar refractivity (Wildman–Crippen MR) is 64.3 cm³/mol. The van der Waals surface area contributed by atoms with Crippen molar-refractivity contribution in [3.8, 4) is 11.6 Å². The van der Waals surface area contributed by atoms with Crippen LogP contribution in [0.5, 0.6) is 11.6 Å². The smallest absolute Gasteiger partial charge is 0.248 e. The van der Waals surface area contributed by atoms with Crippen LogP contribution in [0.25, 0.3) is 0 Å². The van der Waals surface area contributed by atoms with Crippen molar-refractivity contribution in [3.05, 3.63) is 53.2 Å². The minimum atomic E-state index is -0.500. The summed E-state index contributed by atoms with van der Waals surface area (Å²) in [5, 5.41) is 0.531. The fourth-order valence-corrected chi connectivity index (χ4v) is 1.37. The van der Waals surface area contributed by atoms with Gasteiger partial charge in [-0.3, -0.25) is 4.79 Å². The minimum Gasteiger partial charge on any atom is -0.439 e. The Morgan fingerprint density at radius 2 is 2.12 bits per heavy atom. The van der Waals surface area contributed by atoms with E-state index in [-0.39, 0.29) is 0 Å². The number of carbonyl (C=O) groups is 1. The second-order valence-electron chi connectivity index (χ2n) is 3.31. The Morgan fingerprint density at radius 1 is 1.29 bits per heavy atom. The zero-order valence-corrected chi connectivity index (χ0v) is 9.52. The van der Waals surface area contributed by atoms with Crippen molar-refractivity contribution in [3.63, 3.8) is 0 Å². The summed E-state index contributed by atoms with van der Waals surface area (Å²) in [4.78, 5) is 15.0. The highest BCUT2D eigenvalue weighted by atomic mass is 35.5. The highest BCUT2D eigenvalue weighted by Gasteiger charge is 2.03. The summed E-state index contributed by atoms with van der Waals surface area (Å²) < 4.78 is 5.45. The Bertz CT molecular complexity index is 540. The van der Waals surface area contributed by atoms with E-state index in [2.05, 4.69) is 4.98 Å². The number of hydrogen-bond donors (Lipinski definition) is 1. The Morgan fingerprint density at radius 3 is 2.76 bits per heavy atom. The van der Waals surface area contributed by atoms with Crippen LogP contribution < -0.4 is 10.5 Å². The van der Waals surface area contributed by atoms with E-state index in [1.165, 1.54) is 6.20 Å². The van der Waals surface area contributed by atoms with Gasteiger partial charge >= 0.3 is 0 Å². The number of ether oxygens (including phenoxy) is 1. The molecule has 0 aliphatic rings. The van der Waals surface area contributed by atoms with Crippen molar-refractivity contribution in [2.24, 2.45) is 5.73 Å². The van der Waals surface area contributed by atoms with Crippen LogP contribution in [0.3, 0.4) is 0 Å². The average molecular weight is 249 g/mol. The number of pyridine rings is 1. The summed E-state index contributed by atoms with van der Waals surface area (Å²) in [6, 6.07) is 9.87. The monoisotopic (exact) mass is 248 g/mol. The van der Waals surface area contributed by atoms with Crippen molar-refractivity contribution >= 4 is 17.5 Å². The summed E-state index contributed by atoms with van der Waals surface area (Å²) in [6.45, 7) is 0. The normalized spacial score (nSPS) is 9.94. The lowest BCUT2D eigenvalue weighted by Gasteiger charge is -2.05. The van der Waals surface area contributed by atoms with Gasteiger partial charge in [0.05, 0.1) is 5.02 Å². The number of aromatic nitrogens is 1. The molecule has 0 bridgehead atoms. The molecule has 17 heavy (non-hydrogen) atoms. The third kappa shape index (κ3) is 2.95. The largest absolute Gasteiger partial charge is 0.439 e. The Balaban J connectivity index is 2.21. The third-order valence-electron chi connectivity index (χ3n) is 2.04. The summed E-state index contributed by atoms with van der Waals surface area (Å²) in [7, 11) is 0. The molecule has 4 nitrogen and oxygen atoms in total. The van der Waals surface area contributed by atoms with Gasteiger partial charge in [0.15, 0.2) is 0 Å². The van der Waals surface area contributed by atoms with Crippen LogP contribution in [0.15, 0.2) is 42.6 Å². The molecule has 0 saturated carbocycles. The van der Waals surface area contributed by atoms with E-state index in [0.717, 1.165) is 0 Å². The summed E-state index contributed by atoms with van der Waals surface area (Å²) in [6.07, 6.45) is 1.48. The number of rotatable bonds is 3. The summed E-state index contributed by atoms with van der Waals surface area (Å²) in [5.74, 6) is 0.395. The third-order valence-corrected chi connectivity index (χ3v) is 2.26. The van der Waals surface area contributed by atoms with E-state index in [4.69, 9.17) is 22.1 Å². The molecule has 0 unspecified atom stereocenters. The minimum absolute atomic E-state index is 0.386. The molecule has 1 aromatic heterocycles. The van der Waals surface area contributed by atoms with Crippen molar-refractivity contribution in [1.82, 2.24) is 4.98 Å². The van der Waals surface area contributed by atoms with Crippen molar-refractivity contribution in [2.45, 2.75) is 0 Å². The first kappa shape index (κ1) is 11.4. The lowest BCUT2D eigenvalue weighted by Crippen LogP contribution is -2.10. The maximum atomic E-state index is 11.0. The molecule has 86 valence electrons. The van der Waals surface area contributed by atoms with Crippen molar-refractivity contribution < 1.29 is 9.53 Å². The van der Waals surface area contributed by atoms with Crippen LogP contribution in [0.2, 0.25) is 5.02 Å². The molecule has 1 amide bonds. The van der Waals surface area contributed by atoms with Crippen LogP contribution >= 0.6 is 11.6 Å². The van der Waals surface area contributed by atoms with Gasteiger partial charge in [0.2, 0.25) is 11.8 Å². The van der Waals surface area contributed by atoms with Crippen molar-refractivity contribution in [1.29, 1.82) is 0 Å². The van der Waals surface area contributed by atoms with Crippen molar-refractivity contribution in [2.75, 3.05) is 0 Å². The number of benzene rings is 1. The van der Waals surface area contributed by atoms with E-state index in [1.807, 2.05) is 0 Å². The molecule has 0 atom stereocenters. The molecule has 0 spiro atoms. The fourth-order valence-electron chi connectivity index (χ4n) is 1.26. The first-order valence-electron chi connectivity index (χ1n) is 4.84. The van der Waals surface area contributed by atoms with Gasteiger partial charge in [-0.2, -0.15) is 0 Å². The van der Waals surface area contributed by atoms with E-state index in [0.29, 0.717) is 22.2 Å². The first-order valence-corrected chi connectivity index (χ1v) is 5.22. The quantitative estimate of drug-likeness (QED) is 0.908. The Hall–Kier alpha value is -2.07. The number of amides is 1. The number of nitrogens with zero attached hydrogens (tertiary/aromatic N) is 1. The van der Waals surface area contributed by atoms with E-state index in [1.54, 1.807) is 36.4 Å². The van der Waals surface area contributed by atoms with Crippen LogP contribution in [-0.2, 0) is 0 Å². The maximum Gasteiger partial charge on any atom is 0.248 e. The van der Waals surface area contributed by atoms with Gasteiger partial charge in [-0.15, -0.1) is 0 Å². The summed E-state index contributed by atoms with van der Waals surface area (Å²) in [5.41, 5.74) is 5.55. The Kier molecular flexibility index (Phi) is 3.25. The molecule has 2 N–H and O–H groups in total. The van der Waals surface area contributed by atoms with Gasteiger partial charge in [-0.25, -0.2) is 4.98 Å². The fraction of sp³-hybridized carbons (Fsp3) is 0. The van der Waals surface area contributed by atoms with Crippen LogP contribution in [-0.4, -0.2) is 10.9 Å².